The van der Waals surface area contributed by atoms with Gasteiger partial charge >= 0.3 is 0 Å². The SMILES string of the molecule is CCN(CCCO)C(=O)CSc1cccs1. The van der Waals surface area contributed by atoms with E-state index < -0.39 is 0 Å². The fourth-order valence-electron chi connectivity index (χ4n) is 1.29. The molecule has 0 bridgehead atoms. The van der Waals surface area contributed by atoms with Crippen molar-refractivity contribution in [2.45, 2.75) is 17.6 Å². The molecule has 0 saturated carbocycles. The molecule has 0 aliphatic rings. The summed E-state index contributed by atoms with van der Waals surface area (Å²) >= 11 is 3.23. The summed E-state index contributed by atoms with van der Waals surface area (Å²) in [6.07, 6.45) is 0.656. The van der Waals surface area contributed by atoms with Crippen molar-refractivity contribution in [3.63, 3.8) is 0 Å². The second-order valence-electron chi connectivity index (χ2n) is 3.27. The fourth-order valence-corrected chi connectivity index (χ4v) is 2.98. The Morgan fingerprint density at radius 2 is 2.44 bits per heavy atom. The molecule has 1 aromatic heterocycles. The highest BCUT2D eigenvalue weighted by molar-refractivity contribution is 8.01. The van der Waals surface area contributed by atoms with Crippen LogP contribution >= 0.6 is 23.1 Å². The van der Waals surface area contributed by atoms with Crippen LogP contribution in [0.2, 0.25) is 0 Å². The van der Waals surface area contributed by atoms with Gasteiger partial charge in [-0.25, -0.2) is 0 Å². The van der Waals surface area contributed by atoms with Crippen LogP contribution in [0.15, 0.2) is 21.7 Å². The molecule has 1 amide bonds. The second-order valence-corrected chi connectivity index (χ2v) is 5.49. The molecule has 0 spiro atoms. The van der Waals surface area contributed by atoms with E-state index in [-0.39, 0.29) is 12.5 Å². The maximum absolute atomic E-state index is 11.8. The van der Waals surface area contributed by atoms with Gasteiger partial charge in [-0.05, 0) is 24.8 Å². The maximum Gasteiger partial charge on any atom is 0.232 e. The van der Waals surface area contributed by atoms with Gasteiger partial charge in [0.2, 0.25) is 5.91 Å². The molecule has 0 radical (unpaired) electrons. The Morgan fingerprint density at radius 1 is 1.62 bits per heavy atom. The molecule has 3 nitrogen and oxygen atoms in total. The summed E-state index contributed by atoms with van der Waals surface area (Å²) in [7, 11) is 0. The number of carbonyl (C=O) groups is 1. The Balaban J connectivity index is 2.31. The summed E-state index contributed by atoms with van der Waals surface area (Å²) in [5.41, 5.74) is 0. The molecule has 0 aliphatic carbocycles. The third kappa shape index (κ3) is 4.55. The maximum atomic E-state index is 11.8. The van der Waals surface area contributed by atoms with Gasteiger partial charge in [-0.2, -0.15) is 0 Å². The van der Waals surface area contributed by atoms with Crippen LogP contribution in [0.25, 0.3) is 0 Å². The normalized spacial score (nSPS) is 10.4. The van der Waals surface area contributed by atoms with E-state index in [4.69, 9.17) is 5.11 Å². The van der Waals surface area contributed by atoms with Crippen molar-refractivity contribution in [2.75, 3.05) is 25.4 Å². The van der Waals surface area contributed by atoms with Gasteiger partial charge in [0.15, 0.2) is 0 Å². The molecule has 1 heterocycles. The van der Waals surface area contributed by atoms with E-state index in [1.54, 1.807) is 28.0 Å². The van der Waals surface area contributed by atoms with Gasteiger partial charge in [-0.15, -0.1) is 23.1 Å². The van der Waals surface area contributed by atoms with E-state index in [0.717, 1.165) is 0 Å². The van der Waals surface area contributed by atoms with E-state index in [9.17, 15) is 4.79 Å². The Bertz CT molecular complexity index is 301. The number of thioether (sulfide) groups is 1. The highest BCUT2D eigenvalue weighted by Gasteiger charge is 2.11. The lowest BCUT2D eigenvalue weighted by Gasteiger charge is -2.19. The van der Waals surface area contributed by atoms with Crippen LogP contribution in [0.5, 0.6) is 0 Å². The van der Waals surface area contributed by atoms with E-state index in [1.165, 1.54) is 4.21 Å². The summed E-state index contributed by atoms with van der Waals surface area (Å²) < 4.78 is 1.17. The molecule has 0 fully saturated rings. The average molecular weight is 259 g/mol. The summed E-state index contributed by atoms with van der Waals surface area (Å²) in [6, 6.07) is 4.01. The molecule has 16 heavy (non-hydrogen) atoms. The lowest BCUT2D eigenvalue weighted by molar-refractivity contribution is -0.128. The molecule has 1 rings (SSSR count). The Morgan fingerprint density at radius 3 is 3.00 bits per heavy atom. The lowest BCUT2D eigenvalue weighted by Crippen LogP contribution is -2.33. The molecule has 0 aliphatic heterocycles. The number of rotatable bonds is 7. The van der Waals surface area contributed by atoms with Crippen LogP contribution in [-0.4, -0.2) is 41.4 Å². The standard InChI is InChI=1S/C11H17NO2S2/c1-2-12(6-4-7-13)10(14)9-16-11-5-3-8-15-11/h3,5,8,13H,2,4,6-7,9H2,1H3. The van der Waals surface area contributed by atoms with Crippen molar-refractivity contribution in [1.82, 2.24) is 4.90 Å². The van der Waals surface area contributed by atoms with E-state index >= 15 is 0 Å². The van der Waals surface area contributed by atoms with Crippen LogP contribution in [-0.2, 0) is 4.79 Å². The topological polar surface area (TPSA) is 40.5 Å². The van der Waals surface area contributed by atoms with Crippen molar-refractivity contribution < 1.29 is 9.90 Å². The van der Waals surface area contributed by atoms with Gasteiger partial charge in [0.05, 0.1) is 9.96 Å². The smallest absolute Gasteiger partial charge is 0.232 e. The zero-order valence-corrected chi connectivity index (χ0v) is 11.0. The first-order valence-electron chi connectivity index (χ1n) is 5.33. The molecular formula is C11H17NO2S2. The van der Waals surface area contributed by atoms with Crippen LogP contribution < -0.4 is 0 Å². The molecule has 90 valence electrons. The number of aliphatic hydroxyl groups excluding tert-OH is 1. The van der Waals surface area contributed by atoms with Crippen LogP contribution in [0.4, 0.5) is 0 Å². The van der Waals surface area contributed by atoms with Crippen molar-refractivity contribution in [3.05, 3.63) is 17.5 Å². The molecule has 0 saturated heterocycles. The molecule has 1 N–H and O–H groups in total. The van der Waals surface area contributed by atoms with E-state index in [0.29, 0.717) is 25.3 Å². The molecule has 5 heteroatoms. The number of hydrogen-bond donors (Lipinski definition) is 1. The van der Waals surface area contributed by atoms with Gasteiger partial charge in [-0.1, -0.05) is 6.07 Å². The minimum atomic E-state index is 0.141. The fraction of sp³-hybridized carbons (Fsp3) is 0.545. The number of aliphatic hydroxyl groups is 1. The summed E-state index contributed by atoms with van der Waals surface area (Å²) in [6.45, 7) is 3.47. The summed E-state index contributed by atoms with van der Waals surface area (Å²) in [5.74, 6) is 0.633. The van der Waals surface area contributed by atoms with Gasteiger partial charge in [0, 0.05) is 19.7 Å². The zero-order valence-electron chi connectivity index (χ0n) is 9.39. The zero-order chi connectivity index (χ0) is 11.8. The molecule has 0 unspecified atom stereocenters. The Labute approximate surface area is 104 Å². The van der Waals surface area contributed by atoms with E-state index in [1.807, 2.05) is 24.4 Å². The van der Waals surface area contributed by atoms with Crippen molar-refractivity contribution in [2.24, 2.45) is 0 Å². The van der Waals surface area contributed by atoms with Crippen LogP contribution in [0.1, 0.15) is 13.3 Å². The highest BCUT2D eigenvalue weighted by atomic mass is 32.2. The number of amides is 1. The molecule has 0 atom stereocenters. The van der Waals surface area contributed by atoms with E-state index in [2.05, 4.69) is 0 Å². The first-order valence-corrected chi connectivity index (χ1v) is 7.19. The Hall–Kier alpha value is -0.520. The summed E-state index contributed by atoms with van der Waals surface area (Å²) in [5, 5.41) is 10.7. The Kier molecular flexibility index (Phi) is 6.52. The molecular weight excluding hydrogens is 242 g/mol. The minimum Gasteiger partial charge on any atom is -0.396 e. The highest BCUT2D eigenvalue weighted by Crippen LogP contribution is 2.23. The van der Waals surface area contributed by atoms with Gasteiger partial charge < -0.3 is 10.0 Å². The van der Waals surface area contributed by atoms with Gasteiger partial charge in [-0.3, -0.25) is 4.79 Å². The van der Waals surface area contributed by atoms with Crippen molar-refractivity contribution >= 4 is 29.0 Å². The van der Waals surface area contributed by atoms with Crippen molar-refractivity contribution in [3.8, 4) is 0 Å². The number of carbonyl (C=O) groups excluding carboxylic acids is 1. The second kappa shape index (κ2) is 7.70. The van der Waals surface area contributed by atoms with Gasteiger partial charge in [0.25, 0.3) is 0 Å². The number of nitrogens with zero attached hydrogens (tertiary/aromatic N) is 1. The predicted octanol–water partition coefficient (Wildman–Crippen LogP) is 2.07. The molecule has 1 aromatic rings. The monoisotopic (exact) mass is 259 g/mol. The predicted molar refractivity (Wildman–Crippen MR) is 69.0 cm³/mol. The third-order valence-electron chi connectivity index (χ3n) is 2.15. The third-order valence-corrected chi connectivity index (χ3v) is 4.27. The number of hydrogen-bond acceptors (Lipinski definition) is 4. The quantitative estimate of drug-likeness (QED) is 0.762. The number of thiophene rings is 1. The van der Waals surface area contributed by atoms with Crippen LogP contribution in [0.3, 0.4) is 0 Å². The largest absolute Gasteiger partial charge is 0.396 e. The summed E-state index contributed by atoms with van der Waals surface area (Å²) in [4.78, 5) is 13.6. The van der Waals surface area contributed by atoms with Crippen LogP contribution in [0, 0.1) is 0 Å². The first kappa shape index (κ1) is 13.5. The first-order chi connectivity index (χ1) is 7.77. The van der Waals surface area contributed by atoms with Gasteiger partial charge in [0.1, 0.15) is 0 Å². The minimum absolute atomic E-state index is 0.141. The van der Waals surface area contributed by atoms with Crippen molar-refractivity contribution in [1.29, 1.82) is 0 Å². The lowest BCUT2D eigenvalue weighted by atomic mass is 10.4. The average Bonchev–Trinajstić information content (AvgIpc) is 2.80. The molecule has 0 aromatic carbocycles.